The Morgan fingerprint density at radius 1 is 0.210 bits per heavy atom. The minimum atomic E-state index is 1.18. The SMILES string of the molecule is c1cc(-c2cccc(-c3ccc4ccc5c(-c6ccncc6)ccc6ccc3c4c65)c2)cc(-c2cccc(-c3ccc4ccc5c(-c6ccncc6)ccc6ccc3c4c65)c2)c1. The van der Waals surface area contributed by atoms with Gasteiger partial charge >= 0.3 is 0 Å². The second kappa shape index (κ2) is 13.7. The fourth-order valence-electron chi connectivity index (χ4n) is 10.3. The van der Waals surface area contributed by atoms with Gasteiger partial charge in [0, 0.05) is 24.8 Å². The van der Waals surface area contributed by atoms with Crippen molar-refractivity contribution in [1.29, 1.82) is 0 Å². The number of pyridine rings is 2. The molecule has 2 aromatic heterocycles. The summed E-state index contributed by atoms with van der Waals surface area (Å²) in [6.45, 7) is 0. The molecule has 0 saturated heterocycles. The molecule has 0 atom stereocenters. The van der Waals surface area contributed by atoms with Crippen molar-refractivity contribution >= 4 is 64.6 Å². The highest BCUT2D eigenvalue weighted by Gasteiger charge is 2.17. The maximum absolute atomic E-state index is 4.27. The molecular weight excluding hydrogens is 749 g/mol. The Kier molecular flexibility index (Phi) is 7.64. The van der Waals surface area contributed by atoms with Gasteiger partial charge in [0.25, 0.3) is 0 Å². The minimum Gasteiger partial charge on any atom is -0.265 e. The highest BCUT2D eigenvalue weighted by atomic mass is 14.6. The molecule has 0 bridgehead atoms. The lowest BCUT2D eigenvalue weighted by molar-refractivity contribution is 1.33. The Morgan fingerprint density at radius 3 is 0.790 bits per heavy atom. The summed E-state index contributed by atoms with van der Waals surface area (Å²) in [7, 11) is 0. The predicted molar refractivity (Wildman–Crippen MR) is 262 cm³/mol. The Bertz CT molecular complexity index is 3600. The molecule has 2 heteroatoms. The molecule has 0 amide bonds. The monoisotopic (exact) mass is 784 g/mol. The summed E-state index contributed by atoms with van der Waals surface area (Å²) in [6, 6.07) is 72.0. The van der Waals surface area contributed by atoms with E-state index in [0.29, 0.717) is 0 Å². The number of nitrogens with zero attached hydrogens (tertiary/aromatic N) is 2. The molecule has 0 saturated carbocycles. The van der Waals surface area contributed by atoms with Gasteiger partial charge in [0.2, 0.25) is 0 Å². The van der Waals surface area contributed by atoms with Crippen molar-refractivity contribution in [3.05, 3.63) is 219 Å². The first-order valence-corrected chi connectivity index (χ1v) is 21.3. The molecule has 0 unspecified atom stereocenters. The highest BCUT2D eigenvalue weighted by molar-refractivity contribution is 6.29. The summed E-state index contributed by atoms with van der Waals surface area (Å²) in [4.78, 5) is 8.54. The molecule has 0 spiro atoms. The van der Waals surface area contributed by atoms with Gasteiger partial charge in [-0.05, 0) is 174 Å². The summed E-state index contributed by atoms with van der Waals surface area (Å²) in [6.07, 6.45) is 7.50. The number of hydrogen-bond acceptors (Lipinski definition) is 2. The van der Waals surface area contributed by atoms with Crippen molar-refractivity contribution in [2.45, 2.75) is 0 Å². The Hall–Kier alpha value is -8.20. The van der Waals surface area contributed by atoms with E-state index in [4.69, 9.17) is 0 Å². The van der Waals surface area contributed by atoms with Crippen molar-refractivity contribution in [3.63, 3.8) is 0 Å². The zero-order chi connectivity index (χ0) is 40.7. The van der Waals surface area contributed by atoms with Crippen molar-refractivity contribution < 1.29 is 0 Å². The molecule has 0 aliphatic heterocycles. The largest absolute Gasteiger partial charge is 0.265 e. The fourth-order valence-corrected chi connectivity index (χ4v) is 10.3. The third kappa shape index (κ3) is 5.37. The first-order chi connectivity index (χ1) is 30.7. The van der Waals surface area contributed by atoms with Crippen LogP contribution >= 0.6 is 0 Å². The standard InChI is InChI=1S/C60H36N2/c1-4-43(45-6-2-8-47(35-45)51-20-12-41-14-22-53-49(37-26-30-61-31-27-37)18-10-39-16-24-55(51)59(41)57(39)53)34-44(5-1)46-7-3-9-48(36-46)52-21-13-42-15-23-54-50(38-28-32-62-33-29-38)19-11-40-17-25-56(52)60(42)58(40)54/h1-36H. The Balaban J connectivity index is 0.884. The molecular formula is C60H36N2. The van der Waals surface area contributed by atoms with E-state index < -0.39 is 0 Å². The van der Waals surface area contributed by atoms with Crippen molar-refractivity contribution in [1.82, 2.24) is 9.97 Å². The molecule has 0 radical (unpaired) electrons. The molecule has 0 aliphatic carbocycles. The number of hydrogen-bond donors (Lipinski definition) is 0. The van der Waals surface area contributed by atoms with E-state index in [2.05, 4.69) is 204 Å². The van der Waals surface area contributed by atoms with E-state index in [9.17, 15) is 0 Å². The summed E-state index contributed by atoms with van der Waals surface area (Å²) in [5.74, 6) is 0. The van der Waals surface area contributed by atoms with Gasteiger partial charge < -0.3 is 0 Å². The van der Waals surface area contributed by atoms with Crippen LogP contribution in [-0.4, -0.2) is 9.97 Å². The fraction of sp³-hybridized carbons (Fsp3) is 0. The van der Waals surface area contributed by atoms with Crippen LogP contribution in [0.3, 0.4) is 0 Å². The second-order valence-electron chi connectivity index (χ2n) is 16.5. The van der Waals surface area contributed by atoms with E-state index in [1.807, 2.05) is 24.8 Å². The zero-order valence-corrected chi connectivity index (χ0v) is 33.7. The molecule has 2 heterocycles. The van der Waals surface area contributed by atoms with E-state index >= 15 is 0 Å². The van der Waals surface area contributed by atoms with Gasteiger partial charge in [-0.15, -0.1) is 0 Å². The van der Waals surface area contributed by atoms with Crippen LogP contribution < -0.4 is 0 Å². The average Bonchev–Trinajstić information content (AvgIpc) is 3.35. The zero-order valence-electron chi connectivity index (χ0n) is 33.7. The number of rotatable bonds is 6. The van der Waals surface area contributed by atoms with Gasteiger partial charge in [-0.3, -0.25) is 9.97 Å². The highest BCUT2D eigenvalue weighted by Crippen LogP contribution is 2.45. The summed E-state index contributed by atoms with van der Waals surface area (Å²) in [5.41, 5.74) is 14.5. The molecule has 13 rings (SSSR count). The summed E-state index contributed by atoms with van der Waals surface area (Å²) < 4.78 is 0. The predicted octanol–water partition coefficient (Wildman–Crippen LogP) is 16.3. The van der Waals surface area contributed by atoms with Gasteiger partial charge in [0.15, 0.2) is 0 Å². The van der Waals surface area contributed by atoms with Gasteiger partial charge in [-0.25, -0.2) is 0 Å². The van der Waals surface area contributed by atoms with Crippen LogP contribution in [0.4, 0.5) is 0 Å². The van der Waals surface area contributed by atoms with Crippen LogP contribution in [0.5, 0.6) is 0 Å². The first-order valence-electron chi connectivity index (χ1n) is 21.3. The van der Waals surface area contributed by atoms with Gasteiger partial charge in [0.1, 0.15) is 0 Å². The number of aromatic nitrogens is 2. The maximum Gasteiger partial charge on any atom is 0.0273 e. The molecule has 2 nitrogen and oxygen atoms in total. The van der Waals surface area contributed by atoms with Gasteiger partial charge in [-0.2, -0.15) is 0 Å². The van der Waals surface area contributed by atoms with E-state index in [-0.39, 0.29) is 0 Å². The topological polar surface area (TPSA) is 25.8 Å². The smallest absolute Gasteiger partial charge is 0.0273 e. The van der Waals surface area contributed by atoms with Crippen LogP contribution in [0.2, 0.25) is 0 Å². The number of benzene rings is 11. The molecule has 286 valence electrons. The quantitative estimate of drug-likeness (QED) is 0.157. The van der Waals surface area contributed by atoms with Crippen LogP contribution in [0.1, 0.15) is 0 Å². The van der Waals surface area contributed by atoms with Crippen LogP contribution in [0.15, 0.2) is 219 Å². The van der Waals surface area contributed by atoms with E-state index in [1.54, 1.807) is 0 Å². The van der Waals surface area contributed by atoms with Gasteiger partial charge in [0.05, 0.1) is 0 Å². The molecule has 11 aromatic carbocycles. The lowest BCUT2D eigenvalue weighted by Gasteiger charge is -2.17. The van der Waals surface area contributed by atoms with Crippen molar-refractivity contribution in [2.75, 3.05) is 0 Å². The molecule has 0 N–H and O–H groups in total. The van der Waals surface area contributed by atoms with Crippen LogP contribution in [0, 0.1) is 0 Å². The maximum atomic E-state index is 4.27. The summed E-state index contributed by atoms with van der Waals surface area (Å²) in [5, 5.41) is 15.4. The lowest BCUT2D eigenvalue weighted by Crippen LogP contribution is -1.90. The van der Waals surface area contributed by atoms with Crippen LogP contribution in [-0.2, 0) is 0 Å². The molecule has 13 aromatic rings. The third-order valence-electron chi connectivity index (χ3n) is 13.2. The third-order valence-corrected chi connectivity index (χ3v) is 13.2. The second-order valence-corrected chi connectivity index (χ2v) is 16.5. The van der Waals surface area contributed by atoms with Crippen molar-refractivity contribution in [2.24, 2.45) is 0 Å². The summed E-state index contributed by atoms with van der Waals surface area (Å²) >= 11 is 0. The molecule has 0 aliphatic rings. The van der Waals surface area contributed by atoms with Crippen LogP contribution in [0.25, 0.3) is 131 Å². The van der Waals surface area contributed by atoms with E-state index in [1.165, 1.54) is 131 Å². The van der Waals surface area contributed by atoms with E-state index in [0.717, 1.165) is 0 Å². The average molecular weight is 785 g/mol. The molecule has 62 heavy (non-hydrogen) atoms. The Morgan fingerprint density at radius 2 is 0.468 bits per heavy atom. The van der Waals surface area contributed by atoms with Gasteiger partial charge in [-0.1, -0.05) is 152 Å². The van der Waals surface area contributed by atoms with Crippen molar-refractivity contribution in [3.8, 4) is 66.8 Å². The normalized spacial score (nSPS) is 11.9. The molecule has 0 fully saturated rings. The Labute approximate surface area is 358 Å². The lowest BCUT2D eigenvalue weighted by atomic mass is 9.86. The minimum absolute atomic E-state index is 1.18. The first kappa shape index (κ1) is 34.6.